The molecule has 0 saturated heterocycles. The Kier molecular flexibility index (Phi) is 42.9. The van der Waals surface area contributed by atoms with Gasteiger partial charge in [0, 0.05) is 122 Å². The number of carbonyl (C=O) groups is 2. The highest BCUT2D eigenvalue weighted by atomic mass is 35.5. The highest BCUT2D eigenvalue weighted by molar-refractivity contribution is 5.86. The number of hydrogen-bond donors (Lipinski definition) is 2. The van der Waals surface area contributed by atoms with Crippen molar-refractivity contribution in [2.24, 2.45) is 10.7 Å². The van der Waals surface area contributed by atoms with E-state index in [1.807, 2.05) is 32.3 Å². The van der Waals surface area contributed by atoms with Crippen LogP contribution in [0.15, 0.2) is 175 Å². The number of anilines is 5. The molecule has 0 spiro atoms. The first-order valence-electron chi connectivity index (χ1n) is 46.5. The first-order chi connectivity index (χ1) is 57.9. The fraction of sp³-hybridized carbons (Fsp3) is 0.532. The van der Waals surface area contributed by atoms with E-state index in [0.29, 0.717) is 84.6 Å². The Morgan fingerprint density at radius 3 is 0.831 bits per heavy atom. The molecule has 0 heterocycles. The van der Waals surface area contributed by atoms with Gasteiger partial charge in [0.05, 0.1) is 17.2 Å². The molecule has 0 aliphatic heterocycles. The summed E-state index contributed by atoms with van der Waals surface area (Å²) in [6, 6.07) is 63.6. The average Bonchev–Trinajstić information content (AvgIpc) is 1.82. The molecule has 0 bridgehead atoms. The fourth-order valence-electron chi connectivity index (χ4n) is 19.4. The number of carbonyl (C=O) groups excluding carboxylic acids is 3. The van der Waals surface area contributed by atoms with Gasteiger partial charge in [-0.1, -0.05) is 283 Å². The van der Waals surface area contributed by atoms with Crippen LogP contribution in [0.2, 0.25) is 0 Å². The van der Waals surface area contributed by atoms with Crippen LogP contribution in [-0.2, 0) is 48.9 Å². The Morgan fingerprint density at radius 2 is 0.589 bits per heavy atom. The molecule has 11 nitrogen and oxygen atoms in total. The van der Waals surface area contributed by atoms with Crippen LogP contribution in [0.3, 0.4) is 0 Å². The maximum Gasteiger partial charge on any atom is 0.240 e. The van der Waals surface area contributed by atoms with Crippen LogP contribution in [0.25, 0.3) is 0 Å². The lowest BCUT2D eigenvalue weighted by Crippen LogP contribution is -2.31. The zero-order valence-electron chi connectivity index (χ0n) is 80.9. The van der Waals surface area contributed by atoms with E-state index in [1.165, 1.54) is 179 Å². The van der Waals surface area contributed by atoms with Gasteiger partial charge in [-0.25, -0.2) is 4.79 Å². The van der Waals surface area contributed by atoms with Gasteiger partial charge in [0.1, 0.15) is 11.6 Å². The van der Waals surface area contributed by atoms with Crippen molar-refractivity contribution in [1.82, 2.24) is 0 Å². The van der Waals surface area contributed by atoms with Crippen molar-refractivity contribution in [3.05, 3.63) is 248 Å². The number of para-hydroxylation sites is 2. The zero-order chi connectivity index (χ0) is 89.8. The second-order valence-electron chi connectivity index (χ2n) is 39.2. The normalized spacial score (nSPS) is 15.0. The molecule has 676 valence electrons. The van der Waals surface area contributed by atoms with Crippen molar-refractivity contribution in [3.8, 4) is 6.07 Å². The smallest absolute Gasteiger partial charge is 0.240 e. The number of benzene rings is 8. The van der Waals surface area contributed by atoms with E-state index >= 15 is 0 Å². The third kappa shape index (κ3) is 28.5. The average molecular weight is 1730 g/mol. The van der Waals surface area contributed by atoms with Crippen LogP contribution in [0.5, 0.6) is 0 Å². The van der Waals surface area contributed by atoms with Crippen molar-refractivity contribution in [1.29, 1.82) is 5.26 Å². The molecule has 4 aliphatic carbocycles. The van der Waals surface area contributed by atoms with Gasteiger partial charge in [0.2, 0.25) is 6.08 Å². The summed E-state index contributed by atoms with van der Waals surface area (Å²) in [7, 11) is 16.5. The summed E-state index contributed by atoms with van der Waals surface area (Å²) >= 11 is 0. The largest absolute Gasteiger partial charge is 0.398 e. The van der Waals surface area contributed by atoms with Gasteiger partial charge in [-0.15, -0.1) is 24.8 Å². The summed E-state index contributed by atoms with van der Waals surface area (Å²) in [6.45, 7) is 35.8. The number of nitrogens with two attached hydrogens (primary N) is 2. The van der Waals surface area contributed by atoms with Gasteiger partial charge < -0.3 is 31.1 Å². The molecule has 12 rings (SSSR count). The van der Waals surface area contributed by atoms with Crippen molar-refractivity contribution in [2.45, 2.75) is 321 Å². The quantitative estimate of drug-likeness (QED) is 0.0275. The van der Waals surface area contributed by atoms with E-state index < -0.39 is 0 Å². The zero-order valence-corrected chi connectivity index (χ0v) is 82.6. The number of Topliss-reactive ketones (excluding diaryl/α,β-unsaturated/α-hetero) is 2. The standard InChI is InChI=1S/2C29H41NO.C14H22N2.C14H18N2.C13H17NO.C12H19N.2ClH/c2*1-21(2)26-10-9-11-27(22(3)4)28(26)20-25(31)16-19-29(17-7-8-18-29)23-12-14-24(15-13-23)30(5)6;2*1-16(2)13-7-5-12(6-8-13)14(11-15)9-3-4-10-14;1-9(2)11-6-5-7-12(10(3)4)13(11)14-8-15;1-8(2)10-6-5-7-11(9(3)4)12(10)13;;/h2*9-15,21-22H,7-8,16-20H2,1-6H3;5-8H,3-4,9-11,15H2,1-2H3;5-8H,3-4,9-10H2,1-2H3;5-7,9-10H,1-4H3;5-9H,13H2,1-4H3;2*1H. The van der Waals surface area contributed by atoms with Crippen LogP contribution in [0.4, 0.5) is 34.1 Å². The van der Waals surface area contributed by atoms with Crippen LogP contribution in [-0.4, -0.2) is 80.6 Å². The lowest BCUT2D eigenvalue weighted by atomic mass is 9.74. The molecule has 4 aliphatic rings. The van der Waals surface area contributed by atoms with E-state index in [4.69, 9.17) is 11.5 Å². The van der Waals surface area contributed by atoms with Crippen molar-refractivity contribution >= 4 is 76.6 Å². The third-order valence-corrected chi connectivity index (χ3v) is 27.1. The first kappa shape index (κ1) is 106. The minimum atomic E-state index is -0.204. The van der Waals surface area contributed by atoms with Crippen LogP contribution >= 0.6 is 24.8 Å². The van der Waals surface area contributed by atoms with Crippen LogP contribution in [0, 0.1) is 11.3 Å². The number of isocyanates is 1. The molecular weight excluding hydrogens is 1560 g/mol. The Hall–Kier alpha value is -8.49. The maximum atomic E-state index is 13.2. The van der Waals surface area contributed by atoms with E-state index in [1.54, 1.807) is 6.08 Å². The Labute approximate surface area is 765 Å². The molecule has 4 N–H and O–H groups in total. The van der Waals surface area contributed by atoms with E-state index in [9.17, 15) is 19.6 Å². The molecule has 0 amide bonds. The number of aliphatic imine (C=N–C) groups is 1. The second-order valence-corrected chi connectivity index (χ2v) is 39.2. The SMILES string of the molecule is CC(C)c1cccc(C(C)C)c1CC(=O)CCC1(c2ccc(N(C)C)cc2)CCCC1.CC(C)c1cccc(C(C)C)c1CC(=O)CCC1(c2ccc(N(C)C)cc2)CCCC1.CC(C)c1cccc(C(C)C)c1N.CC(C)c1cccc(C(C)C)c1N=C=O.CN(C)c1ccc(C2(C#N)CCCC2)cc1.CN(C)c1ccc(C2(CN)CCCC2)cc1.Cl.Cl. The third-order valence-electron chi connectivity index (χ3n) is 27.1. The Bertz CT molecular complexity index is 4380. The van der Waals surface area contributed by atoms with E-state index in [2.05, 4.69) is 335 Å². The predicted octanol–water partition coefficient (Wildman–Crippen LogP) is 28.7. The number of nitriles is 1. The summed E-state index contributed by atoms with van der Waals surface area (Å²) in [5.41, 5.74) is 37.4. The summed E-state index contributed by atoms with van der Waals surface area (Å²) in [6.07, 6.45) is 25.6. The van der Waals surface area contributed by atoms with E-state index in [0.717, 1.165) is 54.7 Å². The molecule has 0 atom stereocenters. The highest BCUT2D eigenvalue weighted by Crippen LogP contribution is 2.48. The maximum absolute atomic E-state index is 13.2. The van der Waals surface area contributed by atoms with Crippen molar-refractivity contribution in [2.75, 3.05) is 88.3 Å². The summed E-state index contributed by atoms with van der Waals surface area (Å²) in [5, 5.41) is 9.39. The fourth-order valence-corrected chi connectivity index (χ4v) is 19.4. The molecule has 8 aromatic rings. The molecule has 0 unspecified atom stereocenters. The minimum absolute atomic E-state index is 0. The first-order valence-corrected chi connectivity index (χ1v) is 46.5. The molecule has 13 heteroatoms. The highest BCUT2D eigenvalue weighted by Gasteiger charge is 2.39. The molecule has 8 aromatic carbocycles. The van der Waals surface area contributed by atoms with Crippen molar-refractivity contribution in [3.63, 3.8) is 0 Å². The molecule has 0 aromatic heterocycles. The second kappa shape index (κ2) is 50.2. The van der Waals surface area contributed by atoms with Gasteiger partial charge >= 0.3 is 0 Å². The summed E-state index contributed by atoms with van der Waals surface area (Å²) in [4.78, 5) is 49.2. The van der Waals surface area contributed by atoms with Crippen molar-refractivity contribution < 1.29 is 14.4 Å². The number of rotatable bonds is 28. The van der Waals surface area contributed by atoms with Crippen LogP contribution < -0.4 is 31.1 Å². The van der Waals surface area contributed by atoms with Gasteiger partial charge in [-0.05, 0) is 249 Å². The topological polar surface area (TPSA) is 152 Å². The molecule has 124 heavy (non-hydrogen) atoms. The van der Waals surface area contributed by atoms with Gasteiger partial charge in [-0.3, -0.25) is 9.59 Å². The minimum Gasteiger partial charge on any atom is -0.398 e. The van der Waals surface area contributed by atoms with Gasteiger partial charge in [0.25, 0.3) is 0 Å². The Balaban J connectivity index is 0.000000273. The van der Waals surface area contributed by atoms with E-state index in [-0.39, 0.29) is 46.5 Å². The number of nitrogens with zero attached hydrogens (tertiary/aromatic N) is 6. The lowest BCUT2D eigenvalue weighted by molar-refractivity contribution is -0.119. The molecular formula is C111H160Cl2N8O3. The molecule has 0 radical (unpaired) electrons. The van der Waals surface area contributed by atoms with Gasteiger partial charge in [0.15, 0.2) is 0 Å². The van der Waals surface area contributed by atoms with Crippen LogP contribution in [0.1, 0.15) is 364 Å². The molecule has 4 fully saturated rings. The molecule has 4 saturated carbocycles. The number of hydrogen-bond acceptors (Lipinski definition) is 11. The number of ketones is 2. The number of nitrogen functional groups attached to an aromatic ring is 1. The summed E-state index contributed by atoms with van der Waals surface area (Å²) < 4.78 is 0. The lowest BCUT2D eigenvalue weighted by Gasteiger charge is -2.30. The summed E-state index contributed by atoms with van der Waals surface area (Å²) in [5.74, 6) is 4.33. The number of halogens is 2. The Morgan fingerprint density at radius 1 is 0.355 bits per heavy atom. The van der Waals surface area contributed by atoms with Gasteiger partial charge in [-0.2, -0.15) is 10.3 Å². The predicted molar refractivity (Wildman–Crippen MR) is 539 cm³/mol. The monoisotopic (exact) mass is 1720 g/mol.